The van der Waals surface area contributed by atoms with E-state index in [-0.39, 0.29) is 18.1 Å². The molecule has 0 saturated carbocycles. The number of hydrogen-bond donors (Lipinski definition) is 0. The number of nitrogens with zero attached hydrogens (tertiary/aromatic N) is 1. The number of oxazole rings is 1. The Morgan fingerprint density at radius 2 is 2.22 bits per heavy atom. The van der Waals surface area contributed by atoms with E-state index in [2.05, 4.69) is 4.98 Å². The van der Waals surface area contributed by atoms with Crippen molar-refractivity contribution in [2.75, 3.05) is 0 Å². The van der Waals surface area contributed by atoms with E-state index in [0.717, 1.165) is 4.88 Å². The van der Waals surface area contributed by atoms with Crippen molar-refractivity contribution < 1.29 is 18.3 Å². The molecule has 0 amide bonds. The summed E-state index contributed by atoms with van der Waals surface area (Å²) in [4.78, 5) is 16.1. The molecule has 0 fully saturated rings. The molecule has 2 heterocycles. The molecule has 0 unspecified atom stereocenters. The van der Waals surface area contributed by atoms with Crippen LogP contribution in [0.1, 0.15) is 12.0 Å². The molecule has 0 aliphatic heterocycles. The number of thiophene rings is 1. The number of esters is 1. The van der Waals surface area contributed by atoms with Crippen LogP contribution in [0.5, 0.6) is 5.88 Å². The number of carbonyl (C=O) groups excluding carboxylic acids is 1. The molecule has 118 valence electrons. The summed E-state index contributed by atoms with van der Waals surface area (Å²) in [6.45, 7) is 0. The number of benzene rings is 1. The second kappa shape index (κ2) is 6.93. The first-order valence-corrected chi connectivity index (χ1v) is 7.94. The van der Waals surface area contributed by atoms with Gasteiger partial charge in [0.15, 0.2) is 12.7 Å². The lowest BCUT2D eigenvalue weighted by Crippen LogP contribution is -2.09. The molecule has 0 spiro atoms. The zero-order chi connectivity index (χ0) is 16.2. The first-order valence-electron chi connectivity index (χ1n) is 6.75. The lowest BCUT2D eigenvalue weighted by molar-refractivity contribution is -0.134. The van der Waals surface area contributed by atoms with Crippen molar-refractivity contribution in [3.63, 3.8) is 0 Å². The van der Waals surface area contributed by atoms with Gasteiger partial charge in [0.2, 0.25) is 0 Å². The van der Waals surface area contributed by atoms with E-state index >= 15 is 0 Å². The molecule has 0 radical (unpaired) electrons. The van der Waals surface area contributed by atoms with Gasteiger partial charge in [-0.3, -0.25) is 4.79 Å². The third-order valence-corrected chi connectivity index (χ3v) is 4.38. The molecule has 7 heteroatoms. The summed E-state index contributed by atoms with van der Waals surface area (Å²) in [5.41, 5.74) is 1.21. The highest BCUT2D eigenvalue weighted by molar-refractivity contribution is 7.19. The highest BCUT2D eigenvalue weighted by atomic mass is 35.5. The van der Waals surface area contributed by atoms with Crippen LogP contribution in [-0.4, -0.2) is 11.0 Å². The normalized spacial score (nSPS) is 10.7. The van der Waals surface area contributed by atoms with Crippen LogP contribution < -0.4 is 4.74 Å². The van der Waals surface area contributed by atoms with Gasteiger partial charge in [-0.2, -0.15) is 4.98 Å². The average Bonchev–Trinajstić information content (AvgIpc) is 3.17. The fourth-order valence-electron chi connectivity index (χ4n) is 2.04. The molecule has 23 heavy (non-hydrogen) atoms. The van der Waals surface area contributed by atoms with Gasteiger partial charge in [-0.05, 0) is 30.2 Å². The minimum atomic E-state index is -0.451. The maximum Gasteiger partial charge on any atom is 0.312 e. The van der Waals surface area contributed by atoms with E-state index in [9.17, 15) is 9.18 Å². The average molecular weight is 352 g/mol. The van der Waals surface area contributed by atoms with Crippen LogP contribution in [-0.2, 0) is 11.2 Å². The lowest BCUT2D eigenvalue weighted by atomic mass is 10.1. The second-order valence-corrected chi connectivity index (χ2v) is 6.43. The molecule has 0 saturated heterocycles. The third kappa shape index (κ3) is 3.97. The van der Waals surface area contributed by atoms with Gasteiger partial charge in [0, 0.05) is 10.4 Å². The molecule has 0 aliphatic rings. The van der Waals surface area contributed by atoms with Gasteiger partial charge in [0.1, 0.15) is 5.82 Å². The number of carbonyl (C=O) groups is 1. The zero-order valence-electron chi connectivity index (χ0n) is 11.8. The number of rotatable bonds is 5. The molecule has 0 aliphatic carbocycles. The summed E-state index contributed by atoms with van der Waals surface area (Å²) in [6.07, 6.45) is 2.90. The Labute approximate surface area is 140 Å². The molecule has 3 rings (SSSR count). The van der Waals surface area contributed by atoms with Crippen LogP contribution in [0.15, 0.2) is 47.4 Å². The maximum atomic E-state index is 14.2. The smallest absolute Gasteiger partial charge is 0.312 e. The molecule has 3 aromatic rings. The molecular formula is C16H11ClFNO3S. The van der Waals surface area contributed by atoms with Gasteiger partial charge in [-0.25, -0.2) is 4.39 Å². The first-order chi connectivity index (χ1) is 11.1. The highest BCUT2D eigenvalue weighted by Crippen LogP contribution is 2.33. The Morgan fingerprint density at radius 3 is 2.87 bits per heavy atom. The fourth-order valence-corrected chi connectivity index (χ4v) is 3.11. The van der Waals surface area contributed by atoms with Crippen LogP contribution in [0, 0.1) is 5.82 Å². The Hall–Kier alpha value is -2.18. The van der Waals surface area contributed by atoms with E-state index in [1.807, 2.05) is 0 Å². The number of hydrogen-bond acceptors (Lipinski definition) is 5. The van der Waals surface area contributed by atoms with E-state index in [4.69, 9.17) is 20.8 Å². The van der Waals surface area contributed by atoms with Gasteiger partial charge in [-0.1, -0.05) is 23.7 Å². The van der Waals surface area contributed by atoms with E-state index in [1.165, 1.54) is 30.1 Å². The Kier molecular flexibility index (Phi) is 4.73. The topological polar surface area (TPSA) is 52.3 Å². The van der Waals surface area contributed by atoms with Crippen molar-refractivity contribution in [2.24, 2.45) is 0 Å². The summed E-state index contributed by atoms with van der Waals surface area (Å²) < 4.78 is 24.5. The van der Waals surface area contributed by atoms with Crippen molar-refractivity contribution in [3.8, 4) is 16.3 Å². The summed E-state index contributed by atoms with van der Waals surface area (Å²) in [7, 11) is 0. The van der Waals surface area contributed by atoms with Gasteiger partial charge in [0.05, 0.1) is 10.8 Å². The van der Waals surface area contributed by atoms with E-state index in [1.54, 1.807) is 24.3 Å². The Morgan fingerprint density at radius 1 is 1.35 bits per heavy atom. The van der Waals surface area contributed by atoms with Crippen LogP contribution in [0.2, 0.25) is 4.34 Å². The molecule has 0 N–H and O–H groups in total. The summed E-state index contributed by atoms with van der Waals surface area (Å²) >= 11 is 7.19. The standard InChI is InChI=1S/C16H11ClFNO3S/c17-14-5-4-13(23-14)11-3-1-10(7-12(11)18)2-6-16(20)22-15-8-21-9-19-15/h1,3-5,7-9H,2,6H2. The van der Waals surface area contributed by atoms with Gasteiger partial charge < -0.3 is 9.15 Å². The predicted molar refractivity (Wildman–Crippen MR) is 85.2 cm³/mol. The minimum absolute atomic E-state index is 0.117. The highest BCUT2D eigenvalue weighted by Gasteiger charge is 2.11. The van der Waals surface area contributed by atoms with Crippen molar-refractivity contribution in [2.45, 2.75) is 12.8 Å². The maximum absolute atomic E-state index is 14.2. The number of aryl methyl sites for hydroxylation is 1. The quantitative estimate of drug-likeness (QED) is 0.623. The summed E-state index contributed by atoms with van der Waals surface area (Å²) in [5.74, 6) is -0.676. The first kappa shape index (κ1) is 15.7. The Balaban J connectivity index is 1.63. The largest absolute Gasteiger partial charge is 0.448 e. The molecule has 4 nitrogen and oxygen atoms in total. The SMILES string of the molecule is O=C(CCc1ccc(-c2ccc(Cl)s2)c(F)c1)Oc1cocn1. The van der Waals surface area contributed by atoms with Crippen molar-refractivity contribution >= 4 is 28.9 Å². The van der Waals surface area contributed by atoms with Crippen LogP contribution in [0.3, 0.4) is 0 Å². The number of ether oxygens (including phenoxy) is 1. The van der Waals surface area contributed by atoms with Gasteiger partial charge >= 0.3 is 5.97 Å². The van der Waals surface area contributed by atoms with Crippen molar-refractivity contribution in [3.05, 3.63) is 58.7 Å². The van der Waals surface area contributed by atoms with E-state index in [0.29, 0.717) is 21.9 Å². The molecule has 1 aromatic carbocycles. The number of halogens is 2. The summed E-state index contributed by atoms with van der Waals surface area (Å²) in [6, 6.07) is 8.41. The van der Waals surface area contributed by atoms with Crippen molar-refractivity contribution in [1.82, 2.24) is 4.98 Å². The van der Waals surface area contributed by atoms with Gasteiger partial charge in [0.25, 0.3) is 5.88 Å². The van der Waals surface area contributed by atoms with Crippen molar-refractivity contribution in [1.29, 1.82) is 0 Å². The van der Waals surface area contributed by atoms with Gasteiger partial charge in [-0.15, -0.1) is 11.3 Å². The second-order valence-electron chi connectivity index (χ2n) is 4.72. The van der Waals surface area contributed by atoms with Crippen LogP contribution in [0.4, 0.5) is 4.39 Å². The predicted octanol–water partition coefficient (Wildman–Crippen LogP) is 4.73. The third-order valence-electron chi connectivity index (χ3n) is 3.12. The van der Waals surface area contributed by atoms with Crippen LogP contribution in [0.25, 0.3) is 10.4 Å². The number of aromatic nitrogens is 1. The Bertz CT molecular complexity index is 817. The molecular weight excluding hydrogens is 341 g/mol. The minimum Gasteiger partial charge on any atom is -0.448 e. The van der Waals surface area contributed by atoms with E-state index < -0.39 is 5.97 Å². The molecule has 0 bridgehead atoms. The molecule has 2 aromatic heterocycles. The fraction of sp³-hybridized carbons (Fsp3) is 0.125. The van der Waals surface area contributed by atoms with Crippen LogP contribution >= 0.6 is 22.9 Å². The zero-order valence-corrected chi connectivity index (χ0v) is 13.4. The summed E-state index contributed by atoms with van der Waals surface area (Å²) in [5, 5.41) is 0. The monoisotopic (exact) mass is 351 g/mol. The molecule has 0 atom stereocenters. The lowest BCUT2D eigenvalue weighted by Gasteiger charge is -2.05.